The number of hydrogen-bond acceptors (Lipinski definition) is 4. The molecule has 0 spiro atoms. The van der Waals surface area contributed by atoms with E-state index in [9.17, 15) is 18.0 Å². The zero-order valence-corrected chi connectivity index (χ0v) is 16.0. The average Bonchev–Trinajstić information content (AvgIpc) is 2.72. The van der Waals surface area contributed by atoms with Crippen LogP contribution < -0.4 is 15.0 Å². The third-order valence-corrected chi connectivity index (χ3v) is 4.62. The van der Waals surface area contributed by atoms with Crippen LogP contribution in [0.4, 0.5) is 24.5 Å². The molecule has 0 aliphatic carbocycles. The molecule has 1 fully saturated rings. The van der Waals surface area contributed by atoms with Crippen molar-refractivity contribution in [1.82, 2.24) is 0 Å². The molecular formula is C21H23F3N2O3. The van der Waals surface area contributed by atoms with Gasteiger partial charge >= 0.3 is 6.18 Å². The van der Waals surface area contributed by atoms with Gasteiger partial charge in [-0.15, -0.1) is 0 Å². The number of halogens is 3. The van der Waals surface area contributed by atoms with E-state index in [-0.39, 0.29) is 5.69 Å². The largest absolute Gasteiger partial charge is 0.481 e. The number of rotatable bonds is 6. The molecule has 0 saturated carbocycles. The van der Waals surface area contributed by atoms with E-state index >= 15 is 0 Å². The van der Waals surface area contributed by atoms with Crippen molar-refractivity contribution in [2.45, 2.75) is 25.6 Å². The van der Waals surface area contributed by atoms with Crippen LogP contribution in [0.1, 0.15) is 18.9 Å². The van der Waals surface area contributed by atoms with Crippen molar-refractivity contribution in [2.24, 2.45) is 0 Å². The maximum atomic E-state index is 13.2. The molecule has 1 atom stereocenters. The van der Waals surface area contributed by atoms with Crippen LogP contribution in [0, 0.1) is 0 Å². The van der Waals surface area contributed by atoms with Crippen molar-refractivity contribution in [3.05, 3.63) is 54.1 Å². The lowest BCUT2D eigenvalue weighted by Crippen LogP contribution is -2.38. The lowest BCUT2D eigenvalue weighted by atomic mass is 10.1. The van der Waals surface area contributed by atoms with Gasteiger partial charge in [0.2, 0.25) is 0 Å². The molecule has 3 rings (SSSR count). The highest BCUT2D eigenvalue weighted by Gasteiger charge is 2.32. The number of benzene rings is 2. The van der Waals surface area contributed by atoms with E-state index in [0.29, 0.717) is 44.2 Å². The molecule has 1 amide bonds. The Morgan fingerprint density at radius 3 is 2.48 bits per heavy atom. The number of morpholine rings is 1. The second-order valence-corrected chi connectivity index (χ2v) is 6.65. The highest BCUT2D eigenvalue weighted by atomic mass is 19.4. The van der Waals surface area contributed by atoms with E-state index in [2.05, 4.69) is 5.32 Å². The highest BCUT2D eigenvalue weighted by molar-refractivity contribution is 5.97. The molecule has 5 nitrogen and oxygen atoms in total. The Balaban J connectivity index is 1.85. The Kier molecular flexibility index (Phi) is 6.64. The van der Waals surface area contributed by atoms with Crippen LogP contribution in [0.3, 0.4) is 0 Å². The molecule has 1 saturated heterocycles. The molecule has 2 aromatic rings. The average molecular weight is 408 g/mol. The van der Waals surface area contributed by atoms with Crippen LogP contribution in [0.5, 0.6) is 5.75 Å². The van der Waals surface area contributed by atoms with Crippen LogP contribution in [0.15, 0.2) is 48.5 Å². The molecule has 29 heavy (non-hydrogen) atoms. The quantitative estimate of drug-likeness (QED) is 0.773. The maximum absolute atomic E-state index is 13.2. The summed E-state index contributed by atoms with van der Waals surface area (Å²) in [6, 6.07) is 12.2. The first-order chi connectivity index (χ1) is 13.9. The van der Waals surface area contributed by atoms with Crippen molar-refractivity contribution in [1.29, 1.82) is 0 Å². The zero-order chi connectivity index (χ0) is 20.9. The third-order valence-electron chi connectivity index (χ3n) is 4.62. The summed E-state index contributed by atoms with van der Waals surface area (Å²) in [6.07, 6.45) is -4.97. The molecule has 1 aliphatic heterocycles. The summed E-state index contributed by atoms with van der Waals surface area (Å²) in [5, 5.41) is 2.65. The van der Waals surface area contributed by atoms with Crippen LogP contribution in [-0.4, -0.2) is 38.3 Å². The summed E-state index contributed by atoms with van der Waals surface area (Å²) in [6.45, 7) is 3.80. The van der Waals surface area contributed by atoms with E-state index in [1.54, 1.807) is 31.2 Å². The molecule has 2 aromatic carbocycles. The van der Waals surface area contributed by atoms with Gasteiger partial charge in [-0.3, -0.25) is 4.79 Å². The molecule has 0 unspecified atom stereocenters. The van der Waals surface area contributed by atoms with Gasteiger partial charge in [0.1, 0.15) is 5.75 Å². The van der Waals surface area contributed by atoms with Crippen molar-refractivity contribution in [2.75, 3.05) is 36.5 Å². The molecule has 1 aliphatic rings. The molecule has 8 heteroatoms. The number of nitrogens with one attached hydrogen (secondary N) is 1. The van der Waals surface area contributed by atoms with Crippen molar-refractivity contribution in [3.8, 4) is 5.75 Å². The van der Waals surface area contributed by atoms with Gasteiger partial charge in [-0.2, -0.15) is 13.2 Å². The van der Waals surface area contributed by atoms with Gasteiger partial charge in [0, 0.05) is 13.1 Å². The molecule has 0 radical (unpaired) electrons. The summed E-state index contributed by atoms with van der Waals surface area (Å²) in [5.74, 6) is 0.0251. The number of carbonyl (C=O) groups is 1. The summed E-state index contributed by atoms with van der Waals surface area (Å²) >= 11 is 0. The van der Waals surface area contributed by atoms with Crippen LogP contribution in [-0.2, 0) is 15.7 Å². The van der Waals surface area contributed by atoms with Gasteiger partial charge in [-0.05, 0) is 36.8 Å². The minimum Gasteiger partial charge on any atom is -0.481 e. The zero-order valence-electron chi connectivity index (χ0n) is 16.0. The summed E-state index contributed by atoms with van der Waals surface area (Å²) in [7, 11) is 0. The van der Waals surface area contributed by atoms with E-state index in [1.165, 1.54) is 6.07 Å². The van der Waals surface area contributed by atoms with E-state index in [4.69, 9.17) is 9.47 Å². The first-order valence-corrected chi connectivity index (χ1v) is 9.45. The van der Waals surface area contributed by atoms with Gasteiger partial charge < -0.3 is 19.7 Å². The van der Waals surface area contributed by atoms with Gasteiger partial charge in [0.15, 0.2) is 6.10 Å². The van der Waals surface area contributed by atoms with E-state index in [1.807, 2.05) is 11.0 Å². The second kappa shape index (κ2) is 9.17. The number of para-hydroxylation sites is 1. The van der Waals surface area contributed by atoms with Crippen LogP contribution in [0.2, 0.25) is 0 Å². The number of alkyl halides is 3. The van der Waals surface area contributed by atoms with Gasteiger partial charge in [-0.1, -0.05) is 25.1 Å². The van der Waals surface area contributed by atoms with Gasteiger partial charge in [0.25, 0.3) is 5.91 Å². The number of carbonyl (C=O) groups excluding carboxylic acids is 1. The number of amides is 1. The van der Waals surface area contributed by atoms with Crippen LogP contribution >= 0.6 is 0 Å². The standard InChI is InChI=1S/C21H23F3N2O3/c1-2-19(29-16-6-4-3-5-7-16)20(27)25-17-14-15(21(22,23)24)8-9-18(17)26-10-12-28-13-11-26/h3-9,14,19H,2,10-13H2,1H3,(H,25,27)/t19-/m1/s1. The number of anilines is 2. The normalized spacial score (nSPS) is 15.7. The smallest absolute Gasteiger partial charge is 0.416 e. The molecule has 0 bridgehead atoms. The predicted octanol–water partition coefficient (Wildman–Crippen LogP) is 4.34. The van der Waals surface area contributed by atoms with Gasteiger partial charge in [-0.25, -0.2) is 0 Å². The molecular weight excluding hydrogens is 385 g/mol. The third kappa shape index (κ3) is 5.41. The topological polar surface area (TPSA) is 50.8 Å². The molecule has 0 aromatic heterocycles. The second-order valence-electron chi connectivity index (χ2n) is 6.65. The van der Waals surface area contributed by atoms with E-state index in [0.717, 1.165) is 12.1 Å². The van der Waals surface area contributed by atoms with E-state index < -0.39 is 23.8 Å². The minimum absolute atomic E-state index is 0.113. The number of nitrogens with zero attached hydrogens (tertiary/aromatic N) is 1. The lowest BCUT2D eigenvalue weighted by Gasteiger charge is -2.31. The maximum Gasteiger partial charge on any atom is 0.416 e. The van der Waals surface area contributed by atoms with Gasteiger partial charge in [0.05, 0.1) is 30.2 Å². The lowest BCUT2D eigenvalue weighted by molar-refractivity contribution is -0.137. The van der Waals surface area contributed by atoms with Crippen molar-refractivity contribution < 1.29 is 27.4 Å². The Morgan fingerprint density at radius 1 is 1.17 bits per heavy atom. The first kappa shape index (κ1) is 21.0. The van der Waals surface area contributed by atoms with Crippen LogP contribution in [0.25, 0.3) is 0 Å². The molecule has 156 valence electrons. The fourth-order valence-corrected chi connectivity index (χ4v) is 3.09. The predicted molar refractivity (Wildman–Crippen MR) is 104 cm³/mol. The summed E-state index contributed by atoms with van der Waals surface area (Å²) in [4.78, 5) is 14.7. The molecule has 1 heterocycles. The Bertz CT molecular complexity index is 822. The fourth-order valence-electron chi connectivity index (χ4n) is 3.09. The fraction of sp³-hybridized carbons (Fsp3) is 0.381. The van der Waals surface area contributed by atoms with Crippen molar-refractivity contribution >= 4 is 17.3 Å². The Labute approximate surface area is 167 Å². The summed E-state index contributed by atoms with van der Waals surface area (Å²) < 4.78 is 50.7. The van der Waals surface area contributed by atoms with Crippen molar-refractivity contribution in [3.63, 3.8) is 0 Å². The monoisotopic (exact) mass is 408 g/mol. The first-order valence-electron chi connectivity index (χ1n) is 9.45. The Morgan fingerprint density at radius 2 is 1.86 bits per heavy atom. The number of ether oxygens (including phenoxy) is 2. The SMILES string of the molecule is CC[C@@H](Oc1ccccc1)C(=O)Nc1cc(C(F)(F)F)ccc1N1CCOCC1. The minimum atomic E-state index is -4.51. The Hall–Kier alpha value is -2.74. The number of hydrogen-bond donors (Lipinski definition) is 1. The highest BCUT2D eigenvalue weighted by Crippen LogP contribution is 2.36. The summed E-state index contributed by atoms with van der Waals surface area (Å²) in [5.41, 5.74) is -0.173. The molecule has 1 N–H and O–H groups in total.